The third kappa shape index (κ3) is 3.75. The lowest BCUT2D eigenvalue weighted by Crippen LogP contribution is -2.50. The van der Waals surface area contributed by atoms with Gasteiger partial charge in [-0.2, -0.15) is 0 Å². The molecule has 0 aromatic carbocycles. The molecule has 2 saturated heterocycles. The Kier molecular flexibility index (Phi) is 5.43. The Morgan fingerprint density at radius 1 is 1.40 bits per heavy atom. The largest absolute Gasteiger partial charge is 0.472 e. The number of fused-ring (bicyclic) bond motifs is 2. The highest BCUT2D eigenvalue weighted by Crippen LogP contribution is 2.54. The molecule has 2 aliphatic heterocycles. The summed E-state index contributed by atoms with van der Waals surface area (Å²) in [6, 6.07) is 0. The van der Waals surface area contributed by atoms with Crippen LogP contribution in [0.5, 0.6) is 0 Å². The van der Waals surface area contributed by atoms with Gasteiger partial charge in [0.25, 0.3) is 0 Å². The Hall–Kier alpha value is -0.923. The van der Waals surface area contributed by atoms with Gasteiger partial charge >= 0.3 is 7.82 Å². The number of hydrogen-bond acceptors (Lipinski definition) is 9. The second-order valence-corrected chi connectivity index (χ2v) is 15.8. The van der Waals surface area contributed by atoms with Crippen molar-refractivity contribution in [2.45, 2.75) is 63.4 Å². The summed E-state index contributed by atoms with van der Waals surface area (Å²) >= 11 is 3.45. The minimum atomic E-state index is -4.20. The highest BCUT2D eigenvalue weighted by atomic mass is 79.9. The number of phosphoric acid groups is 1. The average molecular weight is 522 g/mol. The number of ether oxygens (including phenoxy) is 1. The van der Waals surface area contributed by atoms with E-state index in [0.717, 1.165) is 0 Å². The number of aromatic nitrogens is 4. The summed E-state index contributed by atoms with van der Waals surface area (Å²) in [6.07, 6.45) is -1.47. The molecule has 30 heavy (non-hydrogen) atoms. The molecule has 2 aliphatic rings. The molecule has 166 valence electrons. The molecular formula is C16H25BrN5O6PSi. The van der Waals surface area contributed by atoms with Gasteiger partial charge in [-0.25, -0.2) is 19.5 Å². The van der Waals surface area contributed by atoms with Crippen LogP contribution in [0.2, 0.25) is 18.1 Å². The quantitative estimate of drug-likeness (QED) is 0.351. The second-order valence-electron chi connectivity index (χ2n) is 8.92. The molecule has 0 amide bonds. The highest BCUT2D eigenvalue weighted by Gasteiger charge is 2.56. The Morgan fingerprint density at radius 3 is 2.77 bits per heavy atom. The van der Waals surface area contributed by atoms with Gasteiger partial charge in [-0.1, -0.05) is 20.8 Å². The molecule has 4 rings (SSSR count). The maximum Gasteiger partial charge on any atom is 0.472 e. The summed E-state index contributed by atoms with van der Waals surface area (Å²) in [5, 5.41) is -0.107. The van der Waals surface area contributed by atoms with Crippen LogP contribution in [0, 0.1) is 0 Å². The van der Waals surface area contributed by atoms with Crippen molar-refractivity contribution in [1.29, 1.82) is 0 Å². The number of nitrogen functional groups attached to an aromatic ring is 1. The number of nitrogens with zero attached hydrogens (tertiary/aromatic N) is 4. The minimum absolute atomic E-state index is 0.0896. The lowest BCUT2D eigenvalue weighted by molar-refractivity contribution is -0.0669. The van der Waals surface area contributed by atoms with E-state index in [-0.39, 0.29) is 17.5 Å². The Balaban J connectivity index is 1.81. The summed E-state index contributed by atoms with van der Waals surface area (Å²) in [7, 11) is -6.52. The molecule has 0 saturated carbocycles. The summed E-state index contributed by atoms with van der Waals surface area (Å²) in [5.41, 5.74) is 6.82. The molecule has 2 fully saturated rings. The van der Waals surface area contributed by atoms with E-state index in [9.17, 15) is 9.46 Å². The zero-order valence-electron chi connectivity index (χ0n) is 17.3. The van der Waals surface area contributed by atoms with Gasteiger partial charge in [0.1, 0.15) is 24.6 Å². The van der Waals surface area contributed by atoms with Crippen LogP contribution in [0.3, 0.4) is 0 Å². The van der Waals surface area contributed by atoms with Gasteiger partial charge in [-0.05, 0) is 34.1 Å². The Bertz CT molecular complexity index is 1030. The first kappa shape index (κ1) is 22.3. The number of rotatable bonds is 3. The predicted octanol–water partition coefficient (Wildman–Crippen LogP) is 2.97. The average Bonchev–Trinajstić information content (AvgIpc) is 3.11. The molecule has 3 N–H and O–H groups in total. The van der Waals surface area contributed by atoms with Gasteiger partial charge in [0.2, 0.25) is 0 Å². The standard InChI is InChI=1S/C16H25BrN5O6PSi/c1-16(2,3)30(4,5)28-11-10-8(6-25-29(23,24)27-10)26-14(11)22-13-9(21-15(22)17)12(18)19-7-20-13/h7-8,10-11,14H,6H2,1-5H3,(H,23,24)(H2,18,19,20)/t8?,10-,11+,14?/m1/s1. The van der Waals surface area contributed by atoms with Gasteiger partial charge < -0.3 is 19.8 Å². The van der Waals surface area contributed by atoms with Crippen molar-refractivity contribution in [3.63, 3.8) is 0 Å². The fraction of sp³-hybridized carbons (Fsp3) is 0.688. The molecule has 14 heteroatoms. The van der Waals surface area contributed by atoms with E-state index in [4.69, 9.17) is 23.9 Å². The highest BCUT2D eigenvalue weighted by molar-refractivity contribution is 9.10. The topological polar surface area (TPSA) is 144 Å². The van der Waals surface area contributed by atoms with Crippen LogP contribution in [-0.2, 0) is 22.8 Å². The number of phosphoric ester groups is 1. The Morgan fingerprint density at radius 2 is 2.10 bits per heavy atom. The third-order valence-corrected chi connectivity index (χ3v) is 11.9. The van der Waals surface area contributed by atoms with Crippen molar-refractivity contribution >= 4 is 49.1 Å². The van der Waals surface area contributed by atoms with Gasteiger partial charge in [0.05, 0.1) is 6.61 Å². The zero-order valence-corrected chi connectivity index (χ0v) is 20.8. The first-order valence-corrected chi connectivity index (χ1v) is 14.6. The van der Waals surface area contributed by atoms with E-state index < -0.39 is 40.7 Å². The van der Waals surface area contributed by atoms with E-state index in [1.807, 2.05) is 0 Å². The van der Waals surface area contributed by atoms with E-state index in [0.29, 0.717) is 15.9 Å². The molecular weight excluding hydrogens is 497 g/mol. The molecule has 11 nitrogen and oxygen atoms in total. The summed E-state index contributed by atoms with van der Waals surface area (Å²) in [6.45, 7) is 10.4. The normalized spacial score (nSPS) is 32.5. The number of halogens is 1. The molecule has 2 aromatic heterocycles. The number of nitrogens with two attached hydrogens (primary N) is 1. The third-order valence-electron chi connectivity index (χ3n) is 5.90. The van der Waals surface area contributed by atoms with E-state index in [2.05, 4.69) is 64.7 Å². The predicted molar refractivity (Wildman–Crippen MR) is 114 cm³/mol. The molecule has 0 aliphatic carbocycles. The lowest BCUT2D eigenvalue weighted by Gasteiger charge is -2.41. The van der Waals surface area contributed by atoms with Crippen LogP contribution in [0.25, 0.3) is 11.2 Å². The van der Waals surface area contributed by atoms with Crippen molar-refractivity contribution in [3.8, 4) is 0 Å². The van der Waals surface area contributed by atoms with E-state index >= 15 is 0 Å². The fourth-order valence-electron chi connectivity index (χ4n) is 3.30. The molecule has 5 atom stereocenters. The van der Waals surface area contributed by atoms with E-state index in [1.54, 1.807) is 4.57 Å². The van der Waals surface area contributed by atoms with Crippen molar-refractivity contribution in [1.82, 2.24) is 19.5 Å². The van der Waals surface area contributed by atoms with Crippen LogP contribution in [-0.4, -0.2) is 57.6 Å². The van der Waals surface area contributed by atoms with Crippen molar-refractivity contribution in [2.75, 3.05) is 12.3 Å². The zero-order chi connectivity index (χ0) is 22.1. The number of hydrogen-bond donors (Lipinski definition) is 2. The number of anilines is 1. The van der Waals surface area contributed by atoms with Gasteiger partial charge in [0, 0.05) is 0 Å². The number of imidazole rings is 1. The van der Waals surface area contributed by atoms with Crippen LogP contribution < -0.4 is 5.73 Å². The smallest absolute Gasteiger partial charge is 0.407 e. The molecule has 0 bridgehead atoms. The van der Waals surface area contributed by atoms with Crippen molar-refractivity contribution in [3.05, 3.63) is 11.1 Å². The summed E-state index contributed by atoms with van der Waals surface area (Å²) < 4.78 is 37.5. The van der Waals surface area contributed by atoms with Crippen LogP contribution >= 0.6 is 23.8 Å². The van der Waals surface area contributed by atoms with Crippen LogP contribution in [0.4, 0.5) is 5.82 Å². The maximum absolute atomic E-state index is 12.1. The van der Waals surface area contributed by atoms with Crippen LogP contribution in [0.15, 0.2) is 11.1 Å². The first-order valence-electron chi connectivity index (χ1n) is 9.44. The fourth-order valence-corrected chi connectivity index (χ4v) is 6.09. The van der Waals surface area contributed by atoms with Crippen molar-refractivity contribution in [2.24, 2.45) is 0 Å². The SMILES string of the molecule is CC(C)(C)[Si](C)(C)O[C@@H]1C(n2c(Br)nc3c(N)ncnc32)OC2COP(=O)(O)O[C@H]21. The molecule has 3 unspecified atom stereocenters. The minimum Gasteiger partial charge on any atom is -0.407 e. The summed E-state index contributed by atoms with van der Waals surface area (Å²) in [5.74, 6) is 0.233. The molecule has 0 spiro atoms. The summed E-state index contributed by atoms with van der Waals surface area (Å²) in [4.78, 5) is 22.6. The first-order chi connectivity index (χ1) is 13.8. The van der Waals surface area contributed by atoms with Gasteiger partial charge in [0.15, 0.2) is 36.3 Å². The lowest BCUT2D eigenvalue weighted by atomic mass is 10.1. The molecule has 4 heterocycles. The monoisotopic (exact) mass is 521 g/mol. The second kappa shape index (κ2) is 7.31. The van der Waals surface area contributed by atoms with Gasteiger partial charge in [-0.3, -0.25) is 13.6 Å². The van der Waals surface area contributed by atoms with Crippen LogP contribution in [0.1, 0.15) is 27.0 Å². The molecule has 2 aromatic rings. The van der Waals surface area contributed by atoms with E-state index in [1.165, 1.54) is 6.33 Å². The maximum atomic E-state index is 12.1. The van der Waals surface area contributed by atoms with Crippen molar-refractivity contribution < 1.29 is 27.7 Å². The Labute approximate surface area is 183 Å². The molecule has 0 radical (unpaired) electrons. The van der Waals surface area contributed by atoms with Gasteiger partial charge in [-0.15, -0.1) is 0 Å².